The summed E-state index contributed by atoms with van der Waals surface area (Å²) in [5.41, 5.74) is 7.45. The molecule has 0 spiro atoms. The zero-order valence-electron chi connectivity index (χ0n) is 28.7. The minimum absolute atomic E-state index is 0.0851. The molecule has 3 aromatic carbocycles. The zero-order valence-corrected chi connectivity index (χ0v) is 29.6. The van der Waals surface area contributed by atoms with Crippen LogP contribution in [-0.2, 0) is 16.4 Å². The van der Waals surface area contributed by atoms with Crippen LogP contribution in [0.5, 0.6) is 0 Å². The number of hydrogen-bond donors (Lipinski definition) is 0. The normalized spacial score (nSPS) is 13.6. The third-order valence-corrected chi connectivity index (χ3v) is 13.3. The van der Waals surface area contributed by atoms with Crippen molar-refractivity contribution in [1.82, 2.24) is 0 Å². The molecule has 3 rings (SSSR count). The van der Waals surface area contributed by atoms with Gasteiger partial charge in [-0.2, -0.15) is 0 Å². The van der Waals surface area contributed by atoms with Gasteiger partial charge in [-0.1, -0.05) is 96.8 Å². The van der Waals surface area contributed by atoms with Crippen LogP contribution in [-0.4, -0.2) is 11.0 Å². The third kappa shape index (κ3) is 6.12. The summed E-state index contributed by atoms with van der Waals surface area (Å²) in [6.07, 6.45) is 4.69. The first-order valence-electron chi connectivity index (χ1n) is 16.0. The van der Waals surface area contributed by atoms with E-state index in [-0.39, 0.29) is 10.8 Å². The van der Waals surface area contributed by atoms with E-state index in [2.05, 4.69) is 55.4 Å². The van der Waals surface area contributed by atoms with E-state index in [0.717, 1.165) is 76.6 Å². The molecule has 3 aromatic rings. The van der Waals surface area contributed by atoms with Gasteiger partial charge < -0.3 is 4.57 Å². The van der Waals surface area contributed by atoms with Gasteiger partial charge in [0.2, 0.25) is 18.2 Å². The van der Waals surface area contributed by atoms with Crippen molar-refractivity contribution in [3.63, 3.8) is 0 Å². The van der Waals surface area contributed by atoms with Crippen molar-refractivity contribution >= 4 is 23.5 Å². The second-order valence-corrected chi connectivity index (χ2v) is 15.9. The summed E-state index contributed by atoms with van der Waals surface area (Å²) < 4.78 is 15.5. The maximum absolute atomic E-state index is 15.5. The molecule has 0 amide bonds. The summed E-state index contributed by atoms with van der Waals surface area (Å²) in [4.78, 5) is 29.8. The van der Waals surface area contributed by atoms with E-state index in [1.165, 1.54) is 0 Å². The summed E-state index contributed by atoms with van der Waals surface area (Å²) in [6, 6.07) is 12.8. The molecule has 0 N–H and O–H groups in total. The minimum atomic E-state index is -4.29. The molecule has 0 aliphatic rings. The van der Waals surface area contributed by atoms with Gasteiger partial charge in [0.05, 0.1) is 0 Å². The van der Waals surface area contributed by atoms with E-state index in [1.807, 2.05) is 45.9 Å². The number of carbonyl (C=O) groups is 2. The first kappa shape index (κ1) is 34.7. The van der Waals surface area contributed by atoms with Gasteiger partial charge in [0, 0.05) is 16.4 Å². The molecular formula is C39H53O3P. The minimum Gasteiger partial charge on any atom is -0.302 e. The zero-order chi connectivity index (χ0) is 32.5. The van der Waals surface area contributed by atoms with Gasteiger partial charge in [-0.05, 0) is 116 Å². The standard InChI is InChI=1S/C39H53O3P/c1-13-38(11,14-2)24-32-25(5)22-26(6)33(29(32)9)36(40)43(42,31-20-18-17-19-21-31)37(41)34-27(7)23-28(8)35(30(34)10)39(12,15-3)16-4/h17-23H,13-16,24H2,1-12H3. The Morgan fingerprint density at radius 2 is 1.12 bits per heavy atom. The largest absolute Gasteiger partial charge is 0.302 e. The molecular weight excluding hydrogens is 547 g/mol. The van der Waals surface area contributed by atoms with Crippen LogP contribution < -0.4 is 5.30 Å². The first-order chi connectivity index (χ1) is 20.1. The van der Waals surface area contributed by atoms with Crippen molar-refractivity contribution in [3.8, 4) is 0 Å². The van der Waals surface area contributed by atoms with E-state index < -0.39 is 18.2 Å². The van der Waals surface area contributed by atoms with Gasteiger partial charge in [0.25, 0.3) is 0 Å². The van der Waals surface area contributed by atoms with Crippen molar-refractivity contribution < 1.29 is 14.2 Å². The number of hydrogen-bond acceptors (Lipinski definition) is 3. The molecule has 43 heavy (non-hydrogen) atoms. The van der Waals surface area contributed by atoms with Gasteiger partial charge in [0.15, 0.2) is 0 Å². The highest BCUT2D eigenvalue weighted by Gasteiger charge is 2.46. The molecule has 0 fully saturated rings. The molecule has 0 aromatic heterocycles. The maximum Gasteiger partial charge on any atom is 0.248 e. The highest BCUT2D eigenvalue weighted by molar-refractivity contribution is 8.01. The van der Waals surface area contributed by atoms with E-state index >= 15 is 4.57 Å². The highest BCUT2D eigenvalue weighted by Crippen LogP contribution is 2.54. The lowest BCUT2D eigenvalue weighted by Gasteiger charge is -2.33. The fourth-order valence-corrected chi connectivity index (χ4v) is 9.64. The Morgan fingerprint density at radius 1 is 0.651 bits per heavy atom. The Morgan fingerprint density at radius 3 is 1.58 bits per heavy atom. The summed E-state index contributed by atoms with van der Waals surface area (Å²) in [5, 5.41) is 0.299. The van der Waals surface area contributed by atoms with Gasteiger partial charge in [-0.15, -0.1) is 0 Å². The molecule has 3 nitrogen and oxygen atoms in total. The smallest absolute Gasteiger partial charge is 0.248 e. The number of aryl methyl sites for hydroxylation is 4. The van der Waals surface area contributed by atoms with E-state index in [4.69, 9.17) is 0 Å². The third-order valence-electron chi connectivity index (χ3n) is 10.7. The van der Waals surface area contributed by atoms with Gasteiger partial charge in [-0.3, -0.25) is 9.59 Å². The summed E-state index contributed by atoms with van der Waals surface area (Å²) >= 11 is 0. The monoisotopic (exact) mass is 600 g/mol. The van der Waals surface area contributed by atoms with E-state index in [0.29, 0.717) is 16.4 Å². The molecule has 0 saturated carbocycles. The van der Waals surface area contributed by atoms with E-state index in [1.54, 1.807) is 24.3 Å². The van der Waals surface area contributed by atoms with Gasteiger partial charge in [0.1, 0.15) is 0 Å². The maximum atomic E-state index is 15.5. The molecule has 1 atom stereocenters. The number of carbonyl (C=O) groups excluding carboxylic acids is 2. The average Bonchev–Trinajstić information content (AvgIpc) is 2.98. The fraction of sp³-hybridized carbons (Fsp3) is 0.487. The van der Waals surface area contributed by atoms with Crippen molar-refractivity contribution in [2.45, 2.75) is 121 Å². The van der Waals surface area contributed by atoms with Gasteiger partial charge in [-0.25, -0.2) is 0 Å². The molecule has 0 aliphatic heterocycles. The molecule has 4 heteroatoms. The quantitative estimate of drug-likeness (QED) is 0.194. The molecule has 0 heterocycles. The van der Waals surface area contributed by atoms with Crippen molar-refractivity contribution in [1.29, 1.82) is 0 Å². The molecule has 0 bridgehead atoms. The van der Waals surface area contributed by atoms with Crippen LogP contribution in [0.4, 0.5) is 0 Å². The molecule has 0 radical (unpaired) electrons. The Labute approximate surface area is 261 Å². The molecule has 232 valence electrons. The Kier molecular flexibility index (Phi) is 10.6. The lowest BCUT2D eigenvalue weighted by Crippen LogP contribution is -2.27. The Bertz CT molecular complexity index is 1570. The summed E-state index contributed by atoms with van der Waals surface area (Å²) in [5.74, 6) is 0. The van der Waals surface area contributed by atoms with Crippen LogP contribution in [0, 0.1) is 47.0 Å². The number of benzene rings is 3. The average molecular weight is 601 g/mol. The lowest BCUT2D eigenvalue weighted by molar-refractivity contribution is 0.103. The van der Waals surface area contributed by atoms with Crippen LogP contribution in [0.25, 0.3) is 0 Å². The van der Waals surface area contributed by atoms with E-state index in [9.17, 15) is 9.59 Å². The van der Waals surface area contributed by atoms with Crippen LogP contribution in [0.1, 0.15) is 132 Å². The topological polar surface area (TPSA) is 51.2 Å². The summed E-state index contributed by atoms with van der Waals surface area (Å²) in [6.45, 7) is 25.2. The molecule has 1 unspecified atom stereocenters. The van der Waals surface area contributed by atoms with Crippen LogP contribution >= 0.6 is 7.14 Å². The SMILES string of the molecule is CCC(C)(CC)Cc1c(C)cc(C)c(C(=O)P(=O)(C(=O)c2c(C)cc(C)c(C(C)(CC)CC)c2C)c2ccccc2)c1C. The second kappa shape index (κ2) is 13.1. The van der Waals surface area contributed by atoms with Crippen LogP contribution in [0.15, 0.2) is 42.5 Å². The lowest BCUT2D eigenvalue weighted by atomic mass is 9.72. The predicted octanol–water partition coefficient (Wildman–Crippen LogP) is 10.7. The van der Waals surface area contributed by atoms with Crippen molar-refractivity contribution in [3.05, 3.63) is 98.1 Å². The van der Waals surface area contributed by atoms with Gasteiger partial charge >= 0.3 is 0 Å². The first-order valence-corrected chi connectivity index (χ1v) is 17.7. The Balaban J connectivity index is 2.38. The fourth-order valence-electron chi connectivity index (χ4n) is 7.08. The van der Waals surface area contributed by atoms with Crippen LogP contribution in [0.2, 0.25) is 0 Å². The highest BCUT2D eigenvalue weighted by atomic mass is 31.2. The molecule has 0 saturated heterocycles. The second-order valence-electron chi connectivity index (χ2n) is 13.4. The van der Waals surface area contributed by atoms with Crippen molar-refractivity contribution in [2.24, 2.45) is 5.41 Å². The van der Waals surface area contributed by atoms with Crippen molar-refractivity contribution in [2.75, 3.05) is 0 Å². The molecule has 0 aliphatic carbocycles. The predicted molar refractivity (Wildman–Crippen MR) is 184 cm³/mol. The Hall–Kier alpha value is -2.77. The number of rotatable bonds is 12. The summed E-state index contributed by atoms with van der Waals surface area (Å²) in [7, 11) is -4.29. The van der Waals surface area contributed by atoms with Crippen LogP contribution in [0.3, 0.4) is 0 Å².